The van der Waals surface area contributed by atoms with Gasteiger partial charge in [0.15, 0.2) is 0 Å². The van der Waals surface area contributed by atoms with Crippen LogP contribution in [-0.4, -0.2) is 29.1 Å². The van der Waals surface area contributed by atoms with Gasteiger partial charge in [0.05, 0.1) is 0 Å². The molecule has 0 spiro atoms. The van der Waals surface area contributed by atoms with Gasteiger partial charge in [-0.3, -0.25) is 0 Å². The van der Waals surface area contributed by atoms with Crippen molar-refractivity contribution in [3.05, 3.63) is 65.9 Å². The van der Waals surface area contributed by atoms with Gasteiger partial charge in [-0.05, 0) is 35.3 Å². The minimum absolute atomic E-state index is 0.278. The topological polar surface area (TPSA) is 68.5 Å². The maximum absolute atomic E-state index is 12.1. The molecule has 0 atom stereocenters. The van der Waals surface area contributed by atoms with Gasteiger partial charge in [-0.15, -0.1) is 0 Å². The molecular formula is C18H19N3O2. The number of nitrogens with zero attached hydrogens (tertiary/aromatic N) is 2. The minimum atomic E-state index is -0.278. The van der Waals surface area contributed by atoms with E-state index in [-0.39, 0.29) is 6.09 Å². The average molecular weight is 309 g/mol. The van der Waals surface area contributed by atoms with E-state index < -0.39 is 0 Å². The number of pyridine rings is 1. The zero-order chi connectivity index (χ0) is 16.1. The molecule has 1 aliphatic rings. The van der Waals surface area contributed by atoms with Gasteiger partial charge in [0.25, 0.3) is 0 Å². The lowest BCUT2D eigenvalue weighted by molar-refractivity contribution is 0.0998. The predicted octanol–water partition coefficient (Wildman–Crippen LogP) is 3.09. The number of hydrogen-bond acceptors (Lipinski definition) is 4. The molecule has 2 aromatic rings. The smallest absolute Gasteiger partial charge is 0.410 e. The second-order valence-electron chi connectivity index (χ2n) is 5.44. The second-order valence-corrected chi connectivity index (χ2v) is 5.44. The lowest BCUT2D eigenvalue weighted by Crippen LogP contribution is -2.35. The summed E-state index contributed by atoms with van der Waals surface area (Å²) in [6.45, 7) is 1.49. The molecule has 3 rings (SSSR count). The molecule has 23 heavy (non-hydrogen) atoms. The fourth-order valence-corrected chi connectivity index (χ4v) is 2.50. The number of anilines is 1. The molecule has 1 aromatic carbocycles. The lowest BCUT2D eigenvalue weighted by Gasteiger charge is -2.26. The molecule has 0 radical (unpaired) electrons. The summed E-state index contributed by atoms with van der Waals surface area (Å²) in [4.78, 5) is 17.9. The number of hydrogen-bond donors (Lipinski definition) is 1. The van der Waals surface area contributed by atoms with Crippen molar-refractivity contribution in [2.45, 2.75) is 13.0 Å². The molecule has 1 aromatic heterocycles. The van der Waals surface area contributed by atoms with Crippen LogP contribution in [0.4, 0.5) is 10.6 Å². The molecule has 0 bridgehead atoms. The summed E-state index contributed by atoms with van der Waals surface area (Å²) in [5.41, 5.74) is 8.82. The highest BCUT2D eigenvalue weighted by atomic mass is 16.6. The Bertz CT molecular complexity index is 696. The number of nitrogen functional groups attached to an aromatic ring is 1. The second kappa shape index (κ2) is 6.96. The molecular weight excluding hydrogens is 290 g/mol. The third-order valence-electron chi connectivity index (χ3n) is 3.83. The highest BCUT2D eigenvalue weighted by Gasteiger charge is 2.19. The summed E-state index contributed by atoms with van der Waals surface area (Å²) in [7, 11) is 0. The third-order valence-corrected chi connectivity index (χ3v) is 3.83. The van der Waals surface area contributed by atoms with Crippen molar-refractivity contribution in [2.24, 2.45) is 0 Å². The van der Waals surface area contributed by atoms with Crippen LogP contribution >= 0.6 is 0 Å². The van der Waals surface area contributed by atoms with E-state index in [0.717, 1.165) is 17.5 Å². The number of rotatable bonds is 3. The zero-order valence-corrected chi connectivity index (χ0v) is 12.8. The van der Waals surface area contributed by atoms with Gasteiger partial charge in [-0.25, -0.2) is 9.78 Å². The van der Waals surface area contributed by atoms with Crippen molar-refractivity contribution in [1.29, 1.82) is 0 Å². The van der Waals surface area contributed by atoms with Gasteiger partial charge in [-0.2, -0.15) is 0 Å². The molecule has 2 N–H and O–H groups in total. The summed E-state index contributed by atoms with van der Waals surface area (Å²) in [6.07, 6.45) is 4.32. The van der Waals surface area contributed by atoms with E-state index in [4.69, 9.17) is 10.5 Å². The van der Waals surface area contributed by atoms with Gasteiger partial charge >= 0.3 is 6.09 Å². The van der Waals surface area contributed by atoms with Crippen LogP contribution in [0.25, 0.3) is 5.57 Å². The Morgan fingerprint density at radius 1 is 1.22 bits per heavy atom. The van der Waals surface area contributed by atoms with Crippen molar-refractivity contribution in [3.8, 4) is 0 Å². The Hall–Kier alpha value is -2.82. The summed E-state index contributed by atoms with van der Waals surface area (Å²) < 4.78 is 5.35. The van der Waals surface area contributed by atoms with E-state index in [1.54, 1.807) is 17.2 Å². The van der Waals surface area contributed by atoms with Crippen LogP contribution in [0.15, 0.2) is 54.7 Å². The first-order valence-corrected chi connectivity index (χ1v) is 7.59. The monoisotopic (exact) mass is 309 g/mol. The maximum atomic E-state index is 12.1. The summed E-state index contributed by atoms with van der Waals surface area (Å²) >= 11 is 0. The minimum Gasteiger partial charge on any atom is -0.445 e. The van der Waals surface area contributed by atoms with Crippen LogP contribution in [0.3, 0.4) is 0 Å². The van der Waals surface area contributed by atoms with Crippen LogP contribution in [-0.2, 0) is 11.3 Å². The zero-order valence-electron chi connectivity index (χ0n) is 12.8. The first kappa shape index (κ1) is 15.1. The molecule has 5 heteroatoms. The molecule has 0 unspecified atom stereocenters. The Morgan fingerprint density at radius 3 is 2.70 bits per heavy atom. The number of ether oxygens (including phenoxy) is 1. The van der Waals surface area contributed by atoms with E-state index >= 15 is 0 Å². The first-order valence-electron chi connectivity index (χ1n) is 7.59. The van der Waals surface area contributed by atoms with Gasteiger partial charge in [-0.1, -0.05) is 36.4 Å². The van der Waals surface area contributed by atoms with Crippen LogP contribution < -0.4 is 5.73 Å². The quantitative estimate of drug-likeness (QED) is 0.946. The summed E-state index contributed by atoms with van der Waals surface area (Å²) in [5, 5.41) is 0. The summed E-state index contributed by atoms with van der Waals surface area (Å²) in [5.74, 6) is 0.510. The van der Waals surface area contributed by atoms with Gasteiger partial charge in [0.1, 0.15) is 12.4 Å². The van der Waals surface area contributed by atoms with E-state index in [0.29, 0.717) is 25.5 Å². The van der Waals surface area contributed by atoms with Crippen molar-refractivity contribution in [3.63, 3.8) is 0 Å². The number of aromatic nitrogens is 1. The fraction of sp³-hybridized carbons (Fsp3) is 0.222. The van der Waals surface area contributed by atoms with Gasteiger partial charge in [0, 0.05) is 19.3 Å². The lowest BCUT2D eigenvalue weighted by atomic mass is 10.0. The van der Waals surface area contributed by atoms with E-state index in [1.165, 1.54) is 5.57 Å². The van der Waals surface area contributed by atoms with Gasteiger partial charge in [0.2, 0.25) is 0 Å². The van der Waals surface area contributed by atoms with E-state index in [1.807, 2.05) is 42.5 Å². The summed E-state index contributed by atoms with van der Waals surface area (Å²) in [6, 6.07) is 13.4. The number of benzene rings is 1. The number of amides is 1. The molecule has 0 aliphatic carbocycles. The normalized spacial score (nSPS) is 14.3. The molecule has 0 saturated carbocycles. The third kappa shape index (κ3) is 3.88. The molecule has 118 valence electrons. The van der Waals surface area contributed by atoms with Gasteiger partial charge < -0.3 is 15.4 Å². The largest absolute Gasteiger partial charge is 0.445 e. The van der Waals surface area contributed by atoms with E-state index in [9.17, 15) is 4.79 Å². The Kier molecular flexibility index (Phi) is 4.57. The fourth-order valence-electron chi connectivity index (χ4n) is 2.50. The molecule has 1 amide bonds. The Labute approximate surface area is 135 Å². The van der Waals surface area contributed by atoms with Crippen molar-refractivity contribution in [2.75, 3.05) is 18.8 Å². The van der Waals surface area contributed by atoms with Crippen LogP contribution in [0, 0.1) is 0 Å². The SMILES string of the molecule is Nc1ccc(C2=CCN(C(=O)OCc3ccccc3)CC2)cn1. The number of carbonyl (C=O) groups excluding carboxylic acids is 1. The molecule has 1 aliphatic heterocycles. The Balaban J connectivity index is 1.55. The highest BCUT2D eigenvalue weighted by Crippen LogP contribution is 2.22. The van der Waals surface area contributed by atoms with Crippen molar-refractivity contribution < 1.29 is 9.53 Å². The molecule has 2 heterocycles. The first-order chi connectivity index (χ1) is 11.2. The molecule has 0 fully saturated rings. The standard InChI is InChI=1S/C18H19N3O2/c19-17-7-6-16(12-20-17)15-8-10-21(11-9-15)18(22)23-13-14-4-2-1-3-5-14/h1-8,12H,9-11,13H2,(H2,19,20). The predicted molar refractivity (Wildman–Crippen MR) is 89.4 cm³/mol. The molecule has 5 nitrogen and oxygen atoms in total. The number of nitrogens with two attached hydrogens (primary N) is 1. The van der Waals surface area contributed by atoms with Crippen LogP contribution in [0.5, 0.6) is 0 Å². The molecule has 0 saturated heterocycles. The maximum Gasteiger partial charge on any atom is 0.410 e. The van der Waals surface area contributed by atoms with Crippen molar-refractivity contribution >= 4 is 17.5 Å². The van der Waals surface area contributed by atoms with Crippen molar-refractivity contribution in [1.82, 2.24) is 9.88 Å². The van der Waals surface area contributed by atoms with E-state index in [2.05, 4.69) is 4.98 Å². The number of carbonyl (C=O) groups is 1. The average Bonchev–Trinajstić information content (AvgIpc) is 2.61. The van der Waals surface area contributed by atoms with Crippen LogP contribution in [0.1, 0.15) is 17.5 Å². The van der Waals surface area contributed by atoms with Crippen LogP contribution in [0.2, 0.25) is 0 Å². The Morgan fingerprint density at radius 2 is 2.04 bits per heavy atom. The highest BCUT2D eigenvalue weighted by molar-refractivity contribution is 5.72.